The molecule has 2 aliphatic carbocycles. The van der Waals surface area contributed by atoms with Gasteiger partial charge in [0.1, 0.15) is 5.76 Å². The van der Waals surface area contributed by atoms with Gasteiger partial charge in [-0.05, 0) is 42.7 Å². The van der Waals surface area contributed by atoms with E-state index >= 15 is 0 Å². The molecule has 3 amide bonds. The summed E-state index contributed by atoms with van der Waals surface area (Å²) in [4.78, 5) is 33.6. The second-order valence-electron chi connectivity index (χ2n) is 11.0. The zero-order valence-electron chi connectivity index (χ0n) is 21.4. The molecule has 202 valence electrons. The summed E-state index contributed by atoms with van der Waals surface area (Å²) in [5.41, 5.74) is -0.217. The van der Waals surface area contributed by atoms with Crippen LogP contribution in [0.4, 0.5) is 9.93 Å². The van der Waals surface area contributed by atoms with Crippen LogP contribution in [0.25, 0.3) is 0 Å². The van der Waals surface area contributed by atoms with Crippen LogP contribution in [0.3, 0.4) is 0 Å². The molecule has 0 radical (unpaired) electrons. The summed E-state index contributed by atoms with van der Waals surface area (Å²) in [6.45, 7) is 6.36. The summed E-state index contributed by atoms with van der Waals surface area (Å²) >= 11 is 1.43. The van der Waals surface area contributed by atoms with Gasteiger partial charge in [-0.15, -0.1) is 11.3 Å². The van der Waals surface area contributed by atoms with Crippen molar-refractivity contribution in [2.24, 2.45) is 16.7 Å². The third-order valence-electron chi connectivity index (χ3n) is 8.84. The minimum absolute atomic E-state index is 0.0487. The van der Waals surface area contributed by atoms with Crippen LogP contribution in [-0.4, -0.2) is 71.0 Å². The van der Waals surface area contributed by atoms with Crippen molar-refractivity contribution in [3.05, 3.63) is 34.7 Å². The van der Waals surface area contributed by atoms with E-state index in [2.05, 4.69) is 17.6 Å². The summed E-state index contributed by atoms with van der Waals surface area (Å²) in [6.07, 6.45) is 3.07. The van der Waals surface area contributed by atoms with Crippen LogP contribution in [0.1, 0.15) is 55.4 Å². The summed E-state index contributed by atoms with van der Waals surface area (Å²) in [7, 11) is 0. The van der Waals surface area contributed by atoms with Gasteiger partial charge in [0.2, 0.25) is 5.91 Å². The molecule has 1 aliphatic heterocycles. The lowest BCUT2D eigenvalue weighted by atomic mass is 9.47. The number of hydrogen-bond acceptors (Lipinski definition) is 8. The number of fused-ring (bicyclic) bond motifs is 2. The number of aromatic nitrogens is 1. The van der Waals surface area contributed by atoms with Gasteiger partial charge in [0.05, 0.1) is 44.4 Å². The first-order chi connectivity index (χ1) is 17.7. The Morgan fingerprint density at radius 1 is 1.30 bits per heavy atom. The quantitative estimate of drug-likeness (QED) is 0.449. The number of carbonyl (C=O) groups is 2. The van der Waals surface area contributed by atoms with Gasteiger partial charge in [0, 0.05) is 35.7 Å². The van der Waals surface area contributed by atoms with E-state index < -0.39 is 11.5 Å². The van der Waals surface area contributed by atoms with Gasteiger partial charge in [0.15, 0.2) is 5.13 Å². The molecule has 10 nitrogen and oxygen atoms in total. The first kappa shape index (κ1) is 26.1. The number of thiazole rings is 1. The van der Waals surface area contributed by atoms with Crippen molar-refractivity contribution in [3.8, 4) is 0 Å². The Bertz CT molecular complexity index is 1120. The molecule has 2 aromatic heterocycles. The highest BCUT2D eigenvalue weighted by molar-refractivity contribution is 7.15. The van der Waals surface area contributed by atoms with E-state index in [9.17, 15) is 19.8 Å². The van der Waals surface area contributed by atoms with Gasteiger partial charge in [-0.3, -0.25) is 10.1 Å². The van der Waals surface area contributed by atoms with Crippen LogP contribution in [0.15, 0.2) is 22.8 Å². The monoisotopic (exact) mass is 532 g/mol. The number of anilines is 1. The highest BCUT2D eigenvalue weighted by Gasteiger charge is 2.59. The zero-order chi connectivity index (χ0) is 26.2. The number of rotatable bonds is 6. The number of urea groups is 1. The zero-order valence-corrected chi connectivity index (χ0v) is 22.2. The molecule has 0 aromatic carbocycles. The number of aliphatic hydroxyl groups is 2. The predicted octanol–water partition coefficient (Wildman–Crippen LogP) is 2.72. The Balaban J connectivity index is 1.43. The minimum atomic E-state index is -0.700. The summed E-state index contributed by atoms with van der Waals surface area (Å²) < 4.78 is 10.7. The second-order valence-corrected chi connectivity index (χ2v) is 12.0. The Morgan fingerprint density at radius 2 is 2.08 bits per heavy atom. The molecule has 5 atom stereocenters. The van der Waals surface area contributed by atoms with Gasteiger partial charge in [-0.25, -0.2) is 9.78 Å². The largest absolute Gasteiger partial charge is 0.467 e. The molecule has 1 saturated carbocycles. The van der Waals surface area contributed by atoms with E-state index in [-0.39, 0.29) is 42.2 Å². The lowest BCUT2D eigenvalue weighted by Crippen LogP contribution is -2.57. The highest BCUT2D eigenvalue weighted by Crippen LogP contribution is 2.62. The molecule has 0 bridgehead atoms. The molecule has 2 aromatic rings. The molecule has 4 N–H and O–H groups in total. The predicted molar refractivity (Wildman–Crippen MR) is 137 cm³/mol. The van der Waals surface area contributed by atoms with Gasteiger partial charge in [-0.2, -0.15) is 0 Å². The molecule has 5 rings (SSSR count). The molecular weight excluding hydrogens is 496 g/mol. The van der Waals surface area contributed by atoms with E-state index in [1.165, 1.54) is 11.3 Å². The standard InChI is InChI=1S/C26H36N4O6S/c1-25-6-5-20(32)26(2,15-31)19(25)13-18-22(17(25)12-21(33)27-14-16-4-3-9-36-16)28-23(37-18)29-24(34)30-7-10-35-11-8-30/h3-4,9,17,19-20,31-32H,5-8,10-15H2,1-2H3,(H,27,33)(H,28,29,34)/t17-,19+,20-,25+,26+/m1/s1. The highest BCUT2D eigenvalue weighted by atomic mass is 32.1. The van der Waals surface area contributed by atoms with Crippen LogP contribution in [0.5, 0.6) is 0 Å². The topological polar surface area (TPSA) is 137 Å². The third kappa shape index (κ3) is 4.89. The van der Waals surface area contributed by atoms with Crippen molar-refractivity contribution in [1.82, 2.24) is 15.2 Å². The average molecular weight is 533 g/mol. The van der Waals surface area contributed by atoms with Crippen molar-refractivity contribution in [2.45, 2.75) is 58.1 Å². The van der Waals surface area contributed by atoms with Crippen LogP contribution >= 0.6 is 11.3 Å². The number of amides is 3. The molecule has 0 spiro atoms. The van der Waals surface area contributed by atoms with E-state index in [1.54, 1.807) is 17.2 Å². The summed E-state index contributed by atoms with van der Waals surface area (Å²) in [5.74, 6) is 0.295. The Hall–Kier alpha value is -2.47. The normalized spacial score (nSPS) is 31.4. The van der Waals surface area contributed by atoms with Crippen LogP contribution in [0, 0.1) is 16.7 Å². The van der Waals surface area contributed by atoms with Gasteiger partial charge >= 0.3 is 6.03 Å². The fourth-order valence-electron chi connectivity index (χ4n) is 6.49. The molecule has 37 heavy (non-hydrogen) atoms. The SMILES string of the molecule is C[C@]1(CO)[C@H]2Cc3sc(NC(=O)N4CCOCC4)nc3[C@@H](CC(=O)NCc3ccco3)[C@]2(C)CC[C@H]1O. The van der Waals surface area contributed by atoms with Crippen molar-refractivity contribution in [3.63, 3.8) is 0 Å². The number of carbonyl (C=O) groups excluding carboxylic acids is 2. The second kappa shape index (κ2) is 10.4. The van der Waals surface area contributed by atoms with Crippen molar-refractivity contribution in [2.75, 3.05) is 38.2 Å². The molecule has 1 saturated heterocycles. The van der Waals surface area contributed by atoms with E-state index in [0.29, 0.717) is 56.6 Å². The molecule has 0 unspecified atom stereocenters. The average Bonchev–Trinajstić information content (AvgIpc) is 3.57. The number of aliphatic hydroxyl groups excluding tert-OH is 2. The fourth-order valence-corrected chi connectivity index (χ4v) is 7.55. The fraction of sp³-hybridized carbons (Fsp3) is 0.654. The van der Waals surface area contributed by atoms with Gasteiger partial charge in [0.25, 0.3) is 0 Å². The molecule has 2 fully saturated rings. The Kier molecular flexibility index (Phi) is 7.32. The molecule has 3 heterocycles. The summed E-state index contributed by atoms with van der Waals surface area (Å²) in [5, 5.41) is 27.8. The van der Waals surface area contributed by atoms with Crippen LogP contribution in [-0.2, 0) is 22.5 Å². The first-order valence-electron chi connectivity index (χ1n) is 13.0. The third-order valence-corrected chi connectivity index (χ3v) is 9.84. The van der Waals surface area contributed by atoms with Crippen molar-refractivity contribution in [1.29, 1.82) is 0 Å². The number of nitrogens with zero attached hydrogens (tertiary/aromatic N) is 2. The van der Waals surface area contributed by atoms with E-state index in [4.69, 9.17) is 14.1 Å². The lowest BCUT2D eigenvalue weighted by Gasteiger charge is -2.58. The van der Waals surface area contributed by atoms with Crippen molar-refractivity contribution >= 4 is 28.4 Å². The number of hydrogen-bond donors (Lipinski definition) is 4. The number of ether oxygens (including phenoxy) is 1. The van der Waals surface area contributed by atoms with Gasteiger partial charge < -0.3 is 29.6 Å². The maximum absolute atomic E-state index is 13.2. The first-order valence-corrected chi connectivity index (χ1v) is 13.8. The molecule has 3 aliphatic rings. The van der Waals surface area contributed by atoms with Gasteiger partial charge in [-0.1, -0.05) is 13.8 Å². The number of morpholine rings is 1. The maximum Gasteiger partial charge on any atom is 0.323 e. The van der Waals surface area contributed by atoms with E-state index in [1.807, 2.05) is 13.0 Å². The number of furan rings is 1. The Morgan fingerprint density at radius 3 is 2.78 bits per heavy atom. The van der Waals surface area contributed by atoms with Crippen molar-refractivity contribution < 1.29 is 29.0 Å². The summed E-state index contributed by atoms with van der Waals surface area (Å²) in [6, 6.07) is 3.39. The van der Waals surface area contributed by atoms with Crippen LogP contribution in [0.2, 0.25) is 0 Å². The van der Waals surface area contributed by atoms with E-state index in [0.717, 1.165) is 17.0 Å². The molecular formula is C26H36N4O6S. The number of nitrogens with one attached hydrogen (secondary N) is 2. The molecule has 11 heteroatoms. The minimum Gasteiger partial charge on any atom is -0.467 e. The maximum atomic E-state index is 13.2. The Labute approximate surface area is 220 Å². The smallest absolute Gasteiger partial charge is 0.323 e. The van der Waals surface area contributed by atoms with Crippen LogP contribution < -0.4 is 10.6 Å². The lowest BCUT2D eigenvalue weighted by molar-refractivity contribution is -0.144.